The number of fused-ring (bicyclic) bond motifs is 1. The van der Waals surface area contributed by atoms with Gasteiger partial charge in [0.05, 0.1) is 21.7 Å². The number of nitrogens with one attached hydrogen (secondary N) is 1. The number of aromatic nitrogens is 1. The number of carbonyl (C=O) groups excluding carboxylic acids is 3. The summed E-state index contributed by atoms with van der Waals surface area (Å²) in [4.78, 5) is 47.0. The Labute approximate surface area is 320 Å². The van der Waals surface area contributed by atoms with Gasteiger partial charge in [0, 0.05) is 76.5 Å². The van der Waals surface area contributed by atoms with E-state index in [1.807, 2.05) is 29.2 Å². The molecule has 5 heterocycles. The van der Waals surface area contributed by atoms with Gasteiger partial charge in [-0.05, 0) is 106 Å². The van der Waals surface area contributed by atoms with Crippen LogP contribution in [0.3, 0.4) is 0 Å². The zero-order chi connectivity index (χ0) is 38.2. The molecule has 4 aliphatic rings. The number of ketones is 1. The monoisotopic (exact) mass is 758 g/mol. The maximum Gasteiger partial charge on any atom is 0.294 e. The minimum Gasteiger partial charge on any atom is -0.350 e. The number of halogens is 3. The Hall–Kier alpha value is -4.16. The number of rotatable bonds is 7. The normalized spacial score (nSPS) is 22.7. The second-order valence-electron chi connectivity index (χ2n) is 15.7. The number of nitrogens with zero attached hydrogens (tertiary/aromatic N) is 5. The molecule has 8 rings (SSSR count). The van der Waals surface area contributed by atoms with Crippen LogP contribution in [0.1, 0.15) is 70.4 Å². The molecule has 54 heavy (non-hydrogen) atoms. The molecule has 0 bridgehead atoms. The number of benzene rings is 3. The highest BCUT2D eigenvalue weighted by Crippen LogP contribution is 2.40. The summed E-state index contributed by atoms with van der Waals surface area (Å²) < 4.78 is 28.0. The predicted molar refractivity (Wildman–Crippen MR) is 207 cm³/mol. The van der Waals surface area contributed by atoms with Gasteiger partial charge in [-0.1, -0.05) is 35.9 Å². The van der Waals surface area contributed by atoms with Gasteiger partial charge in [-0.15, -0.1) is 0 Å². The summed E-state index contributed by atoms with van der Waals surface area (Å²) in [6, 6.07) is 16.9. The van der Waals surface area contributed by atoms with Gasteiger partial charge in [0.15, 0.2) is 0 Å². The number of Topliss-reactive ketones (excluding diaryl/α,β-unsaturated/α-hetero) is 1. The van der Waals surface area contributed by atoms with Crippen LogP contribution in [0.4, 0.5) is 8.78 Å². The SMILES string of the molecule is CN(C)C(=O)C(=O)c1cn(C)c2cc(Cl)c(C(=O)N3CCC4(CCCN4Cc4ccc(F)cc4)C3)cc12.Fc1ccc(CN2CCCC23CCNC3)cc1. The van der Waals surface area contributed by atoms with Crippen LogP contribution in [-0.2, 0) is 24.9 Å². The van der Waals surface area contributed by atoms with Crippen molar-refractivity contribution in [1.82, 2.24) is 29.5 Å². The molecule has 1 N–H and O–H groups in total. The fourth-order valence-corrected chi connectivity index (χ4v) is 9.28. The number of amides is 2. The van der Waals surface area contributed by atoms with Gasteiger partial charge in [0.2, 0.25) is 0 Å². The third-order valence-corrected chi connectivity index (χ3v) is 12.4. The molecule has 4 fully saturated rings. The van der Waals surface area contributed by atoms with E-state index in [-0.39, 0.29) is 28.6 Å². The third kappa shape index (κ3) is 7.56. The molecule has 1 aromatic heterocycles. The van der Waals surface area contributed by atoms with E-state index in [1.165, 1.54) is 62.5 Å². The fraction of sp³-hybridized carbons (Fsp3) is 0.452. The molecule has 0 aliphatic carbocycles. The molecular formula is C42H49ClF2N6O3. The van der Waals surface area contributed by atoms with E-state index in [0.29, 0.717) is 46.7 Å². The van der Waals surface area contributed by atoms with Crippen LogP contribution in [0.5, 0.6) is 0 Å². The van der Waals surface area contributed by atoms with Crippen molar-refractivity contribution < 1.29 is 23.2 Å². The highest BCUT2D eigenvalue weighted by atomic mass is 35.5. The average molecular weight is 759 g/mol. The van der Waals surface area contributed by atoms with Crippen LogP contribution in [0.25, 0.3) is 10.9 Å². The van der Waals surface area contributed by atoms with Crippen LogP contribution >= 0.6 is 11.6 Å². The summed E-state index contributed by atoms with van der Waals surface area (Å²) in [5.41, 5.74) is 3.79. The van der Waals surface area contributed by atoms with Gasteiger partial charge in [0.1, 0.15) is 11.6 Å². The molecule has 2 unspecified atom stereocenters. The molecule has 4 saturated heterocycles. The van der Waals surface area contributed by atoms with Crippen molar-refractivity contribution >= 4 is 40.1 Å². The first kappa shape index (κ1) is 38.1. The molecule has 9 nitrogen and oxygen atoms in total. The molecule has 286 valence electrons. The molecule has 4 aliphatic heterocycles. The van der Waals surface area contributed by atoms with Gasteiger partial charge in [-0.2, -0.15) is 0 Å². The quantitative estimate of drug-likeness (QED) is 0.177. The third-order valence-electron chi connectivity index (χ3n) is 12.0. The van der Waals surface area contributed by atoms with Crippen molar-refractivity contribution in [3.8, 4) is 0 Å². The maximum atomic E-state index is 13.7. The van der Waals surface area contributed by atoms with Crippen molar-refractivity contribution in [3.63, 3.8) is 0 Å². The number of likely N-dealkylation sites (tertiary alicyclic amines) is 3. The Morgan fingerprint density at radius 1 is 0.796 bits per heavy atom. The predicted octanol–water partition coefficient (Wildman–Crippen LogP) is 6.28. The maximum absolute atomic E-state index is 13.7. The Kier molecular flexibility index (Phi) is 11.0. The molecule has 4 aromatic rings. The minimum atomic E-state index is -0.626. The van der Waals surface area contributed by atoms with E-state index in [1.54, 1.807) is 42.1 Å². The van der Waals surface area contributed by atoms with Gasteiger partial charge in [0.25, 0.3) is 17.6 Å². The zero-order valence-electron chi connectivity index (χ0n) is 31.3. The van der Waals surface area contributed by atoms with Crippen LogP contribution in [0.2, 0.25) is 5.02 Å². The second-order valence-corrected chi connectivity index (χ2v) is 16.1. The average Bonchev–Trinajstić information content (AvgIpc) is 4.01. The van der Waals surface area contributed by atoms with Crippen LogP contribution < -0.4 is 5.32 Å². The summed E-state index contributed by atoms with van der Waals surface area (Å²) in [5.74, 6) is -1.83. The Bertz CT molecular complexity index is 2020. The molecule has 0 saturated carbocycles. The van der Waals surface area contributed by atoms with E-state index in [4.69, 9.17) is 11.6 Å². The first-order valence-corrected chi connectivity index (χ1v) is 19.3. The topological polar surface area (TPSA) is 81.1 Å². The number of hydrogen-bond donors (Lipinski definition) is 1. The summed E-state index contributed by atoms with van der Waals surface area (Å²) in [5, 5.41) is 4.32. The van der Waals surface area contributed by atoms with Gasteiger partial charge >= 0.3 is 0 Å². The summed E-state index contributed by atoms with van der Waals surface area (Å²) in [7, 11) is 4.84. The molecule has 2 amide bonds. The zero-order valence-corrected chi connectivity index (χ0v) is 32.1. The number of aryl methyl sites for hydroxylation is 1. The molecule has 0 radical (unpaired) electrons. The summed E-state index contributed by atoms with van der Waals surface area (Å²) >= 11 is 6.59. The van der Waals surface area contributed by atoms with E-state index in [2.05, 4.69) is 15.1 Å². The van der Waals surface area contributed by atoms with E-state index >= 15 is 0 Å². The lowest BCUT2D eigenvalue weighted by atomic mass is 9.94. The van der Waals surface area contributed by atoms with Crippen molar-refractivity contribution in [3.05, 3.63) is 106 Å². The molecular weight excluding hydrogens is 710 g/mol. The lowest BCUT2D eigenvalue weighted by molar-refractivity contribution is -0.124. The first-order valence-electron chi connectivity index (χ1n) is 18.9. The van der Waals surface area contributed by atoms with E-state index < -0.39 is 11.7 Å². The van der Waals surface area contributed by atoms with Crippen molar-refractivity contribution in [2.45, 2.75) is 62.7 Å². The molecule has 12 heteroatoms. The van der Waals surface area contributed by atoms with Crippen LogP contribution in [-0.4, -0.2) is 106 Å². The summed E-state index contributed by atoms with van der Waals surface area (Å²) in [6.45, 7) is 7.23. The minimum absolute atomic E-state index is 0.118. The van der Waals surface area contributed by atoms with Crippen LogP contribution in [0, 0.1) is 11.6 Å². The van der Waals surface area contributed by atoms with Crippen molar-refractivity contribution in [2.75, 3.05) is 53.4 Å². The lowest BCUT2D eigenvalue weighted by Gasteiger charge is -2.35. The second kappa shape index (κ2) is 15.5. The number of likely N-dealkylation sites (N-methyl/N-ethyl adjacent to an activating group) is 1. The molecule has 2 spiro atoms. The molecule has 2 atom stereocenters. The largest absolute Gasteiger partial charge is 0.350 e. The number of carbonyl (C=O) groups is 3. The highest BCUT2D eigenvalue weighted by Gasteiger charge is 2.47. The highest BCUT2D eigenvalue weighted by molar-refractivity contribution is 6.45. The Balaban J connectivity index is 0.000000219. The number of hydrogen-bond acceptors (Lipinski definition) is 6. The lowest BCUT2D eigenvalue weighted by Crippen LogP contribution is -2.46. The Morgan fingerprint density at radius 2 is 1.39 bits per heavy atom. The van der Waals surface area contributed by atoms with Crippen molar-refractivity contribution in [2.24, 2.45) is 7.05 Å². The van der Waals surface area contributed by atoms with Gasteiger partial charge < -0.3 is 19.7 Å². The Morgan fingerprint density at radius 3 is 1.96 bits per heavy atom. The van der Waals surface area contributed by atoms with Gasteiger partial charge in [-0.25, -0.2) is 8.78 Å². The van der Waals surface area contributed by atoms with Gasteiger partial charge in [-0.3, -0.25) is 24.2 Å². The fourth-order valence-electron chi connectivity index (χ4n) is 9.04. The molecule has 3 aromatic carbocycles. The standard InChI is InChI=1S/C28H30ClFN4O3.C14H19FN2/c1-31(2)27(37)25(35)22-16-32(3)24-14-23(29)21(13-20(22)24)26(36)33-12-10-28(17-33)9-4-11-34(28)15-18-5-7-19(30)8-6-18;15-13-4-2-12(3-5-13)10-17-9-1-6-14(17)7-8-16-11-14/h5-8,13-14,16H,4,9-12,15,17H2,1-3H3;2-5,16H,1,6-11H2. The first-order chi connectivity index (χ1) is 25.9. The van der Waals surface area contributed by atoms with E-state index in [9.17, 15) is 23.2 Å². The van der Waals surface area contributed by atoms with Crippen LogP contribution in [0.15, 0.2) is 66.9 Å². The van der Waals surface area contributed by atoms with E-state index in [0.717, 1.165) is 51.0 Å². The summed E-state index contributed by atoms with van der Waals surface area (Å²) in [6.07, 6.45) is 8.36. The smallest absolute Gasteiger partial charge is 0.294 e. The van der Waals surface area contributed by atoms with Crippen molar-refractivity contribution in [1.29, 1.82) is 0 Å².